The first-order chi connectivity index (χ1) is 12.7. The Morgan fingerprint density at radius 2 is 2.27 bits per heavy atom. The highest BCUT2D eigenvalue weighted by Crippen LogP contribution is 2.26. The molecule has 0 bridgehead atoms. The van der Waals surface area contributed by atoms with Crippen molar-refractivity contribution in [2.75, 3.05) is 19.7 Å². The number of likely N-dealkylation sites (tertiary alicyclic amines) is 1. The zero-order chi connectivity index (χ0) is 18.1. The highest BCUT2D eigenvalue weighted by molar-refractivity contribution is 7.15. The standard InChI is InChI=1S/C17H19N5O3S/c23-8-6-21-5-3-13(19-21)12-2-1-4-20(11-12)16(25)14-10-15(24)18-17-22(14)7-9-26-17/h3,5,7,9-10,12,23H,1-2,4,6,8,11H2/t12-/m1/s1. The van der Waals surface area contributed by atoms with Crippen LogP contribution in [0.3, 0.4) is 0 Å². The van der Waals surface area contributed by atoms with Crippen LogP contribution < -0.4 is 5.56 Å². The van der Waals surface area contributed by atoms with Gasteiger partial charge in [0.2, 0.25) is 0 Å². The number of fused-ring (bicyclic) bond motifs is 1. The number of aliphatic hydroxyl groups is 1. The van der Waals surface area contributed by atoms with Crippen molar-refractivity contribution in [3.63, 3.8) is 0 Å². The second kappa shape index (κ2) is 7.00. The molecule has 0 radical (unpaired) electrons. The van der Waals surface area contributed by atoms with Gasteiger partial charge in [-0.2, -0.15) is 10.1 Å². The van der Waals surface area contributed by atoms with E-state index in [0.29, 0.717) is 30.3 Å². The zero-order valence-electron chi connectivity index (χ0n) is 14.1. The largest absolute Gasteiger partial charge is 0.394 e. The number of aliphatic hydroxyl groups excluding tert-OH is 1. The predicted molar refractivity (Wildman–Crippen MR) is 96.5 cm³/mol. The molecule has 0 aromatic carbocycles. The van der Waals surface area contributed by atoms with Crippen molar-refractivity contribution in [3.05, 3.63) is 51.6 Å². The van der Waals surface area contributed by atoms with Crippen molar-refractivity contribution in [1.29, 1.82) is 0 Å². The number of carbonyl (C=O) groups excluding carboxylic acids is 1. The minimum atomic E-state index is -0.396. The summed E-state index contributed by atoms with van der Waals surface area (Å²) in [7, 11) is 0. The lowest BCUT2D eigenvalue weighted by Crippen LogP contribution is -2.40. The molecule has 0 unspecified atom stereocenters. The molecular formula is C17H19N5O3S. The average molecular weight is 373 g/mol. The molecule has 1 N–H and O–H groups in total. The van der Waals surface area contributed by atoms with Crippen LogP contribution in [-0.2, 0) is 6.54 Å². The zero-order valence-corrected chi connectivity index (χ0v) is 14.9. The Labute approximate surface area is 153 Å². The maximum absolute atomic E-state index is 13.0. The lowest BCUT2D eigenvalue weighted by Gasteiger charge is -2.32. The molecule has 9 heteroatoms. The molecule has 1 aliphatic heterocycles. The third-order valence-corrected chi connectivity index (χ3v) is 5.41. The van der Waals surface area contributed by atoms with E-state index in [9.17, 15) is 9.59 Å². The summed E-state index contributed by atoms with van der Waals surface area (Å²) in [4.78, 5) is 31.1. The van der Waals surface area contributed by atoms with Crippen LogP contribution in [0.4, 0.5) is 0 Å². The quantitative estimate of drug-likeness (QED) is 0.735. The smallest absolute Gasteiger partial charge is 0.274 e. The van der Waals surface area contributed by atoms with E-state index >= 15 is 0 Å². The minimum absolute atomic E-state index is 0.0455. The van der Waals surface area contributed by atoms with Crippen LogP contribution >= 0.6 is 11.3 Å². The summed E-state index contributed by atoms with van der Waals surface area (Å²) in [6, 6.07) is 3.25. The number of hydrogen-bond donors (Lipinski definition) is 1. The number of hydrogen-bond acceptors (Lipinski definition) is 6. The molecule has 1 saturated heterocycles. The molecule has 8 nitrogen and oxygen atoms in total. The van der Waals surface area contributed by atoms with Gasteiger partial charge in [0.05, 0.1) is 18.8 Å². The minimum Gasteiger partial charge on any atom is -0.394 e. The van der Waals surface area contributed by atoms with E-state index in [1.807, 2.05) is 17.6 Å². The van der Waals surface area contributed by atoms with Gasteiger partial charge in [-0.1, -0.05) is 0 Å². The van der Waals surface area contributed by atoms with Crippen molar-refractivity contribution in [2.45, 2.75) is 25.3 Å². The second-order valence-electron chi connectivity index (χ2n) is 6.35. The number of rotatable bonds is 4. The third-order valence-electron chi connectivity index (χ3n) is 4.65. The van der Waals surface area contributed by atoms with Gasteiger partial charge in [-0.25, -0.2) is 0 Å². The maximum atomic E-state index is 13.0. The Hall–Kier alpha value is -2.52. The number of thiazole rings is 1. The monoisotopic (exact) mass is 373 g/mol. The third kappa shape index (κ3) is 3.15. The van der Waals surface area contributed by atoms with Gasteiger partial charge in [-0.15, -0.1) is 11.3 Å². The van der Waals surface area contributed by atoms with Gasteiger partial charge < -0.3 is 10.0 Å². The molecule has 3 aromatic heterocycles. The van der Waals surface area contributed by atoms with Crippen LogP contribution in [0.5, 0.6) is 0 Å². The fourth-order valence-electron chi connectivity index (χ4n) is 3.40. The first-order valence-corrected chi connectivity index (χ1v) is 9.44. The Balaban J connectivity index is 1.57. The molecule has 26 heavy (non-hydrogen) atoms. The van der Waals surface area contributed by atoms with Crippen LogP contribution in [0, 0.1) is 0 Å². The normalized spacial score (nSPS) is 17.7. The van der Waals surface area contributed by atoms with Crippen LogP contribution in [0.25, 0.3) is 4.96 Å². The van der Waals surface area contributed by atoms with Crippen molar-refractivity contribution in [2.24, 2.45) is 0 Å². The van der Waals surface area contributed by atoms with Crippen molar-refractivity contribution in [3.8, 4) is 0 Å². The molecule has 1 atom stereocenters. The van der Waals surface area contributed by atoms with Gasteiger partial charge in [-0.3, -0.25) is 18.7 Å². The van der Waals surface area contributed by atoms with Gasteiger partial charge in [0.25, 0.3) is 11.5 Å². The fourth-order valence-corrected chi connectivity index (χ4v) is 4.12. The van der Waals surface area contributed by atoms with Gasteiger partial charge in [0, 0.05) is 42.8 Å². The number of amides is 1. The Kier molecular flexibility index (Phi) is 4.56. The lowest BCUT2D eigenvalue weighted by molar-refractivity contribution is 0.0698. The summed E-state index contributed by atoms with van der Waals surface area (Å²) >= 11 is 1.33. The van der Waals surface area contributed by atoms with Crippen molar-refractivity contribution >= 4 is 22.2 Å². The molecule has 0 spiro atoms. The lowest BCUT2D eigenvalue weighted by atomic mass is 9.95. The molecule has 1 fully saturated rings. The molecule has 0 aliphatic carbocycles. The number of piperidine rings is 1. The molecule has 4 heterocycles. The molecule has 0 saturated carbocycles. The van der Waals surface area contributed by atoms with Crippen LogP contribution in [-0.4, -0.2) is 54.8 Å². The highest BCUT2D eigenvalue weighted by atomic mass is 32.1. The van der Waals surface area contributed by atoms with E-state index in [0.717, 1.165) is 18.5 Å². The van der Waals surface area contributed by atoms with Crippen LogP contribution in [0.2, 0.25) is 0 Å². The topological polar surface area (TPSA) is 92.7 Å². The van der Waals surface area contributed by atoms with Crippen molar-refractivity contribution in [1.82, 2.24) is 24.1 Å². The van der Waals surface area contributed by atoms with E-state index in [1.165, 1.54) is 17.4 Å². The van der Waals surface area contributed by atoms with E-state index < -0.39 is 5.56 Å². The Morgan fingerprint density at radius 3 is 3.12 bits per heavy atom. The van der Waals surface area contributed by atoms with E-state index in [1.54, 1.807) is 20.2 Å². The van der Waals surface area contributed by atoms with Gasteiger partial charge >= 0.3 is 0 Å². The summed E-state index contributed by atoms with van der Waals surface area (Å²) in [5.74, 6) is 0.00144. The second-order valence-corrected chi connectivity index (χ2v) is 7.23. The molecule has 136 valence electrons. The number of carbonyl (C=O) groups is 1. The first kappa shape index (κ1) is 16.9. The van der Waals surface area contributed by atoms with Crippen molar-refractivity contribution < 1.29 is 9.90 Å². The average Bonchev–Trinajstić information content (AvgIpc) is 3.30. The van der Waals surface area contributed by atoms with E-state index in [2.05, 4.69) is 10.1 Å². The van der Waals surface area contributed by atoms with Gasteiger partial charge in [0.1, 0.15) is 5.69 Å². The van der Waals surface area contributed by atoms with E-state index in [-0.39, 0.29) is 18.4 Å². The molecule has 1 aliphatic rings. The Bertz CT molecular complexity index is 992. The summed E-state index contributed by atoms with van der Waals surface area (Å²) in [6.45, 7) is 1.74. The van der Waals surface area contributed by atoms with Crippen LogP contribution in [0.15, 0.2) is 34.7 Å². The summed E-state index contributed by atoms with van der Waals surface area (Å²) < 4.78 is 3.39. The molecular weight excluding hydrogens is 354 g/mol. The summed E-state index contributed by atoms with van der Waals surface area (Å²) in [6.07, 6.45) is 5.46. The summed E-state index contributed by atoms with van der Waals surface area (Å²) in [5, 5.41) is 15.3. The highest BCUT2D eigenvalue weighted by Gasteiger charge is 2.28. The summed E-state index contributed by atoms with van der Waals surface area (Å²) in [5.41, 5.74) is 0.892. The van der Waals surface area contributed by atoms with Gasteiger partial charge in [-0.05, 0) is 18.9 Å². The number of nitrogens with zero attached hydrogens (tertiary/aromatic N) is 5. The Morgan fingerprint density at radius 1 is 1.38 bits per heavy atom. The fraction of sp³-hybridized carbons (Fsp3) is 0.412. The van der Waals surface area contributed by atoms with E-state index in [4.69, 9.17) is 5.11 Å². The first-order valence-electron chi connectivity index (χ1n) is 8.56. The SMILES string of the molecule is O=C(c1cc(=O)nc2sccn12)N1CCC[C@@H](c2ccn(CCO)n2)C1. The molecule has 4 rings (SSSR count). The molecule has 1 amide bonds. The molecule has 3 aromatic rings. The van der Waals surface area contributed by atoms with Gasteiger partial charge in [0.15, 0.2) is 4.96 Å². The number of aromatic nitrogens is 4. The maximum Gasteiger partial charge on any atom is 0.274 e. The predicted octanol–water partition coefficient (Wildman–Crippen LogP) is 0.965. The van der Waals surface area contributed by atoms with Crippen LogP contribution in [0.1, 0.15) is 34.9 Å².